The van der Waals surface area contributed by atoms with E-state index in [4.69, 9.17) is 5.11 Å². The molecule has 0 aliphatic carbocycles. The molecule has 1 atom stereocenters. The lowest BCUT2D eigenvalue weighted by Gasteiger charge is -2.16. The van der Waals surface area contributed by atoms with Gasteiger partial charge in [-0.25, -0.2) is 4.79 Å². The minimum atomic E-state index is -4.63. The van der Waals surface area contributed by atoms with Gasteiger partial charge in [0.15, 0.2) is 0 Å². The Hall–Kier alpha value is -1.57. The first-order valence-corrected chi connectivity index (χ1v) is 7.13. The van der Waals surface area contributed by atoms with Crippen molar-refractivity contribution in [1.29, 1.82) is 0 Å². The van der Waals surface area contributed by atoms with E-state index >= 15 is 0 Å². The van der Waals surface area contributed by atoms with E-state index in [0.29, 0.717) is 12.8 Å². The van der Waals surface area contributed by atoms with E-state index in [0.717, 1.165) is 9.75 Å². The summed E-state index contributed by atoms with van der Waals surface area (Å²) >= 11 is 1.59. The molecule has 1 aromatic rings. The van der Waals surface area contributed by atoms with Crippen molar-refractivity contribution >= 4 is 23.2 Å². The molecule has 8 heteroatoms. The first-order chi connectivity index (χ1) is 9.67. The molecule has 1 rings (SSSR count). The van der Waals surface area contributed by atoms with Crippen molar-refractivity contribution in [3.8, 4) is 0 Å². The number of carboxylic acids is 1. The van der Waals surface area contributed by atoms with Crippen LogP contribution in [0.2, 0.25) is 0 Å². The summed E-state index contributed by atoms with van der Waals surface area (Å²) in [7, 11) is 0. The van der Waals surface area contributed by atoms with Crippen LogP contribution in [0.5, 0.6) is 0 Å². The second-order valence-electron chi connectivity index (χ2n) is 4.64. The zero-order valence-electron chi connectivity index (χ0n) is 11.4. The molecule has 1 aromatic heterocycles. The van der Waals surface area contributed by atoms with Crippen LogP contribution in [0.3, 0.4) is 0 Å². The van der Waals surface area contributed by atoms with Gasteiger partial charge in [-0.3, -0.25) is 4.79 Å². The zero-order valence-corrected chi connectivity index (χ0v) is 12.2. The van der Waals surface area contributed by atoms with Gasteiger partial charge in [0.2, 0.25) is 5.91 Å². The molecule has 2 N–H and O–H groups in total. The Morgan fingerprint density at radius 1 is 1.38 bits per heavy atom. The molecule has 21 heavy (non-hydrogen) atoms. The van der Waals surface area contributed by atoms with E-state index in [1.54, 1.807) is 11.3 Å². The molecule has 4 nitrogen and oxygen atoms in total. The van der Waals surface area contributed by atoms with Gasteiger partial charge in [0.1, 0.15) is 6.04 Å². The predicted molar refractivity (Wildman–Crippen MR) is 72.2 cm³/mol. The minimum Gasteiger partial charge on any atom is -0.480 e. The summed E-state index contributed by atoms with van der Waals surface area (Å²) < 4.78 is 36.5. The summed E-state index contributed by atoms with van der Waals surface area (Å²) in [6, 6.07) is 1.95. The molecule has 0 fully saturated rings. The first kappa shape index (κ1) is 17.5. The highest BCUT2D eigenvalue weighted by Crippen LogP contribution is 2.22. The smallest absolute Gasteiger partial charge is 0.391 e. The molecule has 1 unspecified atom stereocenters. The van der Waals surface area contributed by atoms with Crippen LogP contribution in [0.1, 0.15) is 29.0 Å². The molecule has 0 aliphatic rings. The highest BCUT2D eigenvalue weighted by Gasteiger charge is 2.36. The Kier molecular flexibility index (Phi) is 6.19. The topological polar surface area (TPSA) is 66.4 Å². The van der Waals surface area contributed by atoms with Gasteiger partial charge in [-0.2, -0.15) is 13.2 Å². The Morgan fingerprint density at radius 3 is 2.52 bits per heavy atom. The van der Waals surface area contributed by atoms with Crippen LogP contribution in [0.4, 0.5) is 13.2 Å². The van der Waals surface area contributed by atoms with Crippen molar-refractivity contribution in [2.75, 3.05) is 0 Å². The first-order valence-electron chi connectivity index (χ1n) is 6.31. The summed E-state index contributed by atoms with van der Waals surface area (Å²) in [5.41, 5.74) is 0. The third kappa shape index (κ3) is 7.12. The van der Waals surface area contributed by atoms with Crippen molar-refractivity contribution < 1.29 is 27.9 Å². The molecule has 0 aromatic carbocycles. The van der Waals surface area contributed by atoms with Crippen LogP contribution in [-0.2, 0) is 16.0 Å². The summed E-state index contributed by atoms with van der Waals surface area (Å²) in [4.78, 5) is 24.4. The Balaban J connectivity index is 2.38. The number of hydrogen-bond donors (Lipinski definition) is 2. The Morgan fingerprint density at radius 2 is 2.05 bits per heavy atom. The number of carbonyl (C=O) groups excluding carboxylic acids is 1. The number of nitrogens with one attached hydrogen (secondary N) is 1. The predicted octanol–water partition coefficient (Wildman–Crippen LogP) is 2.90. The number of amides is 1. The lowest BCUT2D eigenvalue weighted by Crippen LogP contribution is -2.43. The fourth-order valence-corrected chi connectivity index (χ4v) is 2.67. The van der Waals surface area contributed by atoms with E-state index in [2.05, 4.69) is 0 Å². The van der Waals surface area contributed by atoms with E-state index in [1.165, 1.54) is 0 Å². The van der Waals surface area contributed by atoms with Crippen LogP contribution >= 0.6 is 11.3 Å². The van der Waals surface area contributed by atoms with Gasteiger partial charge in [-0.05, 0) is 31.9 Å². The highest BCUT2D eigenvalue weighted by molar-refractivity contribution is 7.11. The summed E-state index contributed by atoms with van der Waals surface area (Å²) in [6.45, 7) is 1.95. The van der Waals surface area contributed by atoms with Crippen LogP contribution in [0.15, 0.2) is 12.1 Å². The van der Waals surface area contributed by atoms with E-state index in [1.807, 2.05) is 24.4 Å². The normalized spacial score (nSPS) is 13.0. The van der Waals surface area contributed by atoms with Crippen LogP contribution in [0, 0.1) is 6.92 Å². The third-order valence-electron chi connectivity index (χ3n) is 2.69. The number of carbonyl (C=O) groups is 2. The molecule has 0 radical (unpaired) electrons. The molecule has 0 spiro atoms. The molecule has 0 saturated carbocycles. The number of rotatable bonds is 7. The standard InChI is InChI=1S/C13H16F3NO3S/c1-8-5-6-9(21-8)3-2-4-11(18)17-10(12(19)20)7-13(14,15)16/h5-6,10H,2-4,7H2,1H3,(H,17,18)(H,19,20). The minimum absolute atomic E-state index is 0.00140. The molecule has 0 saturated heterocycles. The fraction of sp³-hybridized carbons (Fsp3) is 0.538. The largest absolute Gasteiger partial charge is 0.480 e. The maximum Gasteiger partial charge on any atom is 0.391 e. The second-order valence-corrected chi connectivity index (χ2v) is 6.02. The van der Waals surface area contributed by atoms with Gasteiger partial charge >= 0.3 is 12.1 Å². The maximum absolute atomic E-state index is 12.2. The van der Waals surface area contributed by atoms with Gasteiger partial charge in [-0.1, -0.05) is 0 Å². The van der Waals surface area contributed by atoms with Gasteiger partial charge in [0.05, 0.1) is 6.42 Å². The molecule has 1 heterocycles. The van der Waals surface area contributed by atoms with Gasteiger partial charge in [0, 0.05) is 16.2 Å². The van der Waals surface area contributed by atoms with Crippen molar-refractivity contribution in [2.45, 2.75) is 44.8 Å². The van der Waals surface area contributed by atoms with Crippen molar-refractivity contribution in [3.05, 3.63) is 21.9 Å². The zero-order chi connectivity index (χ0) is 16.0. The van der Waals surface area contributed by atoms with Crippen molar-refractivity contribution in [2.24, 2.45) is 0 Å². The monoisotopic (exact) mass is 323 g/mol. The molecule has 118 valence electrons. The third-order valence-corrected chi connectivity index (χ3v) is 3.75. The van der Waals surface area contributed by atoms with Crippen LogP contribution in [0.25, 0.3) is 0 Å². The number of aliphatic carboxylic acids is 1. The number of hydrogen-bond acceptors (Lipinski definition) is 3. The lowest BCUT2D eigenvalue weighted by molar-refractivity contribution is -0.160. The van der Waals surface area contributed by atoms with E-state index in [-0.39, 0.29) is 6.42 Å². The van der Waals surface area contributed by atoms with Crippen molar-refractivity contribution in [3.63, 3.8) is 0 Å². The van der Waals surface area contributed by atoms with Crippen molar-refractivity contribution in [1.82, 2.24) is 5.32 Å². The average molecular weight is 323 g/mol. The quantitative estimate of drug-likeness (QED) is 0.811. The molecular formula is C13H16F3NO3S. The number of aryl methyl sites for hydroxylation is 2. The maximum atomic E-state index is 12.2. The SMILES string of the molecule is Cc1ccc(CCCC(=O)NC(CC(F)(F)F)C(=O)O)s1. The average Bonchev–Trinajstić information content (AvgIpc) is 2.72. The Labute approximate surface area is 124 Å². The summed E-state index contributed by atoms with van der Waals surface area (Å²) in [5.74, 6) is -2.37. The summed E-state index contributed by atoms with van der Waals surface area (Å²) in [6.07, 6.45) is -5.10. The van der Waals surface area contributed by atoms with Gasteiger partial charge < -0.3 is 10.4 Å². The van der Waals surface area contributed by atoms with Gasteiger partial charge in [-0.15, -0.1) is 11.3 Å². The molecular weight excluding hydrogens is 307 g/mol. The fourth-order valence-electron chi connectivity index (χ4n) is 1.74. The molecule has 0 aliphatic heterocycles. The van der Waals surface area contributed by atoms with Crippen LogP contribution < -0.4 is 5.32 Å². The molecule has 0 bridgehead atoms. The summed E-state index contributed by atoms with van der Waals surface area (Å²) in [5, 5.41) is 10.6. The molecule has 1 amide bonds. The number of carboxylic acid groups (broad SMARTS) is 1. The number of thiophene rings is 1. The lowest BCUT2D eigenvalue weighted by atomic mass is 10.1. The number of halogens is 3. The number of alkyl halides is 3. The van der Waals surface area contributed by atoms with E-state index < -0.39 is 30.5 Å². The highest BCUT2D eigenvalue weighted by atomic mass is 32.1. The Bertz CT molecular complexity index is 499. The van der Waals surface area contributed by atoms with Crippen LogP contribution in [-0.4, -0.2) is 29.2 Å². The van der Waals surface area contributed by atoms with E-state index in [9.17, 15) is 22.8 Å². The van der Waals surface area contributed by atoms with Gasteiger partial charge in [0.25, 0.3) is 0 Å². The second kappa shape index (κ2) is 7.44.